The van der Waals surface area contributed by atoms with Gasteiger partial charge in [-0.25, -0.2) is 0 Å². The zero-order valence-electron chi connectivity index (χ0n) is 10.9. The zero-order valence-corrected chi connectivity index (χ0v) is 10.9. The molecule has 1 saturated carbocycles. The Morgan fingerprint density at radius 1 is 1.29 bits per heavy atom. The average Bonchev–Trinajstić information content (AvgIpc) is 2.38. The van der Waals surface area contributed by atoms with E-state index in [-0.39, 0.29) is 0 Å². The Labute approximate surface area is 104 Å². The van der Waals surface area contributed by atoms with Gasteiger partial charge in [0, 0.05) is 5.56 Å². The molecule has 2 rings (SSSR count). The first kappa shape index (κ1) is 12.3. The van der Waals surface area contributed by atoms with Crippen LogP contribution in [-0.2, 0) is 0 Å². The first-order chi connectivity index (χ1) is 8.22. The molecule has 0 heterocycles. The van der Waals surface area contributed by atoms with Gasteiger partial charge >= 0.3 is 0 Å². The van der Waals surface area contributed by atoms with E-state index in [0.717, 1.165) is 23.7 Å². The number of benzene rings is 1. The summed E-state index contributed by atoms with van der Waals surface area (Å²) in [6.07, 6.45) is 6.40. The van der Waals surface area contributed by atoms with Crippen LogP contribution in [0, 0.1) is 11.8 Å². The third-order valence-electron chi connectivity index (χ3n) is 4.39. The van der Waals surface area contributed by atoms with E-state index in [1.54, 1.807) is 0 Å². The van der Waals surface area contributed by atoms with Gasteiger partial charge in [0.05, 0.1) is 0 Å². The third kappa shape index (κ3) is 2.77. The standard InChI is InChI=1S/C16H22O/c1-12-6-3-4-9-16(12)13(2)15-8-5-7-14(10-15)11-17/h5,7-8,10-13,16H,3-4,6,9H2,1-2H3. The minimum Gasteiger partial charge on any atom is -0.298 e. The van der Waals surface area contributed by atoms with Gasteiger partial charge in [-0.2, -0.15) is 0 Å². The number of rotatable bonds is 3. The Balaban J connectivity index is 2.17. The van der Waals surface area contributed by atoms with Crippen molar-refractivity contribution in [3.63, 3.8) is 0 Å². The fraction of sp³-hybridized carbons (Fsp3) is 0.562. The van der Waals surface area contributed by atoms with Crippen LogP contribution < -0.4 is 0 Å². The van der Waals surface area contributed by atoms with Gasteiger partial charge in [0.2, 0.25) is 0 Å². The number of hydrogen-bond donors (Lipinski definition) is 0. The van der Waals surface area contributed by atoms with Crippen molar-refractivity contribution in [2.24, 2.45) is 11.8 Å². The van der Waals surface area contributed by atoms with E-state index >= 15 is 0 Å². The summed E-state index contributed by atoms with van der Waals surface area (Å²) in [6, 6.07) is 8.11. The molecule has 0 bridgehead atoms. The Bertz CT molecular complexity index is 383. The molecule has 0 saturated heterocycles. The largest absolute Gasteiger partial charge is 0.298 e. The minimum absolute atomic E-state index is 0.574. The lowest BCUT2D eigenvalue weighted by Gasteiger charge is -2.34. The van der Waals surface area contributed by atoms with Crippen molar-refractivity contribution < 1.29 is 4.79 Å². The minimum atomic E-state index is 0.574. The highest BCUT2D eigenvalue weighted by Crippen LogP contribution is 2.39. The van der Waals surface area contributed by atoms with Crippen LogP contribution in [-0.4, -0.2) is 6.29 Å². The first-order valence-corrected chi connectivity index (χ1v) is 6.77. The van der Waals surface area contributed by atoms with E-state index < -0.39 is 0 Å². The van der Waals surface area contributed by atoms with Gasteiger partial charge in [-0.15, -0.1) is 0 Å². The van der Waals surface area contributed by atoms with Crippen LogP contribution in [0.2, 0.25) is 0 Å². The maximum absolute atomic E-state index is 10.8. The molecule has 0 aromatic heterocycles. The summed E-state index contributed by atoms with van der Waals surface area (Å²) in [5.41, 5.74) is 2.13. The highest BCUT2D eigenvalue weighted by Gasteiger charge is 2.27. The van der Waals surface area contributed by atoms with Crippen molar-refractivity contribution in [2.75, 3.05) is 0 Å². The lowest BCUT2D eigenvalue weighted by molar-refractivity contribution is 0.112. The predicted octanol–water partition coefficient (Wildman–Crippen LogP) is 4.43. The van der Waals surface area contributed by atoms with Crippen molar-refractivity contribution in [1.82, 2.24) is 0 Å². The second kappa shape index (κ2) is 5.48. The fourth-order valence-corrected chi connectivity index (χ4v) is 3.25. The molecule has 0 spiro atoms. The highest BCUT2D eigenvalue weighted by atomic mass is 16.1. The van der Waals surface area contributed by atoms with E-state index in [1.807, 2.05) is 12.1 Å². The van der Waals surface area contributed by atoms with Crippen LogP contribution in [0.4, 0.5) is 0 Å². The second-order valence-electron chi connectivity index (χ2n) is 5.50. The summed E-state index contributed by atoms with van der Waals surface area (Å²) >= 11 is 0. The Kier molecular flexibility index (Phi) is 3.98. The number of carbonyl (C=O) groups excluding carboxylic acids is 1. The molecule has 0 N–H and O–H groups in total. The quantitative estimate of drug-likeness (QED) is 0.702. The van der Waals surface area contributed by atoms with Gasteiger partial charge in [-0.05, 0) is 35.8 Å². The molecule has 17 heavy (non-hydrogen) atoms. The van der Waals surface area contributed by atoms with Crippen molar-refractivity contribution in [1.29, 1.82) is 0 Å². The summed E-state index contributed by atoms with van der Waals surface area (Å²) in [5, 5.41) is 0. The first-order valence-electron chi connectivity index (χ1n) is 6.77. The molecule has 1 fully saturated rings. The molecule has 3 unspecified atom stereocenters. The van der Waals surface area contributed by atoms with Crippen LogP contribution in [0.25, 0.3) is 0 Å². The molecule has 1 aliphatic rings. The van der Waals surface area contributed by atoms with Crippen molar-refractivity contribution in [2.45, 2.75) is 45.4 Å². The maximum Gasteiger partial charge on any atom is 0.150 e. The molecule has 1 heteroatoms. The van der Waals surface area contributed by atoms with Gasteiger partial charge in [0.1, 0.15) is 6.29 Å². The molecular formula is C16H22O. The average molecular weight is 230 g/mol. The molecule has 1 nitrogen and oxygen atoms in total. The van der Waals surface area contributed by atoms with Gasteiger partial charge < -0.3 is 0 Å². The molecular weight excluding hydrogens is 208 g/mol. The van der Waals surface area contributed by atoms with E-state index in [9.17, 15) is 4.79 Å². The van der Waals surface area contributed by atoms with Gasteiger partial charge in [-0.3, -0.25) is 4.79 Å². The van der Waals surface area contributed by atoms with Crippen molar-refractivity contribution >= 4 is 6.29 Å². The number of carbonyl (C=O) groups is 1. The Hall–Kier alpha value is -1.11. The lowest BCUT2D eigenvalue weighted by atomic mass is 9.72. The van der Waals surface area contributed by atoms with Crippen LogP contribution in [0.3, 0.4) is 0 Å². The molecule has 1 aliphatic carbocycles. The summed E-state index contributed by atoms with van der Waals surface area (Å²) in [7, 11) is 0. The highest BCUT2D eigenvalue weighted by molar-refractivity contribution is 5.75. The topological polar surface area (TPSA) is 17.1 Å². The van der Waals surface area contributed by atoms with E-state index in [4.69, 9.17) is 0 Å². The van der Waals surface area contributed by atoms with Gasteiger partial charge in [-0.1, -0.05) is 51.3 Å². The molecule has 0 aliphatic heterocycles. The maximum atomic E-state index is 10.8. The molecule has 3 atom stereocenters. The SMILES string of the molecule is CC1CCCCC1C(C)c1cccc(C=O)c1. The Morgan fingerprint density at radius 2 is 2.06 bits per heavy atom. The van der Waals surface area contributed by atoms with Gasteiger partial charge in [0.25, 0.3) is 0 Å². The van der Waals surface area contributed by atoms with Crippen molar-refractivity contribution in [3.05, 3.63) is 35.4 Å². The molecule has 1 aromatic rings. The summed E-state index contributed by atoms with van der Waals surface area (Å²) < 4.78 is 0. The summed E-state index contributed by atoms with van der Waals surface area (Å²) in [6.45, 7) is 4.69. The molecule has 0 amide bonds. The van der Waals surface area contributed by atoms with E-state index in [1.165, 1.54) is 31.2 Å². The van der Waals surface area contributed by atoms with Crippen LogP contribution in [0.15, 0.2) is 24.3 Å². The second-order valence-corrected chi connectivity index (χ2v) is 5.50. The summed E-state index contributed by atoms with van der Waals surface area (Å²) in [4.78, 5) is 10.8. The molecule has 0 radical (unpaired) electrons. The third-order valence-corrected chi connectivity index (χ3v) is 4.39. The zero-order chi connectivity index (χ0) is 12.3. The number of aldehydes is 1. The smallest absolute Gasteiger partial charge is 0.150 e. The lowest BCUT2D eigenvalue weighted by Crippen LogP contribution is -2.22. The summed E-state index contributed by atoms with van der Waals surface area (Å²) in [5.74, 6) is 2.18. The predicted molar refractivity (Wildman–Crippen MR) is 71.4 cm³/mol. The normalized spacial score (nSPS) is 26.5. The monoisotopic (exact) mass is 230 g/mol. The van der Waals surface area contributed by atoms with E-state index in [2.05, 4.69) is 26.0 Å². The van der Waals surface area contributed by atoms with Gasteiger partial charge in [0.15, 0.2) is 0 Å². The fourth-order valence-electron chi connectivity index (χ4n) is 3.25. The molecule has 92 valence electrons. The number of hydrogen-bond acceptors (Lipinski definition) is 1. The Morgan fingerprint density at radius 3 is 2.76 bits per heavy atom. The van der Waals surface area contributed by atoms with Crippen molar-refractivity contribution in [3.8, 4) is 0 Å². The van der Waals surface area contributed by atoms with Crippen LogP contribution in [0.1, 0.15) is 61.4 Å². The van der Waals surface area contributed by atoms with E-state index in [0.29, 0.717) is 5.92 Å². The van der Waals surface area contributed by atoms with Crippen LogP contribution in [0.5, 0.6) is 0 Å². The van der Waals surface area contributed by atoms with Crippen LogP contribution >= 0.6 is 0 Å². The molecule has 1 aromatic carbocycles.